The Morgan fingerprint density at radius 2 is 0.950 bits per heavy atom. The van der Waals surface area contributed by atoms with Crippen molar-refractivity contribution in [3.8, 4) is 0 Å². The second kappa shape index (κ2) is 27.6. The highest BCUT2D eigenvalue weighted by Crippen LogP contribution is 2.14. The summed E-state index contributed by atoms with van der Waals surface area (Å²) in [5.41, 5.74) is 15.8. The maximum atomic E-state index is 13.6. The maximum Gasteiger partial charge on any atom is 0.326 e. The molecule has 16 N–H and O–H groups in total. The van der Waals surface area contributed by atoms with Crippen molar-refractivity contribution >= 4 is 65.2 Å². The average Bonchev–Trinajstić information content (AvgIpc) is 3.18. The first-order valence-electron chi connectivity index (χ1n) is 19.5. The third kappa shape index (κ3) is 20.1. The van der Waals surface area contributed by atoms with Gasteiger partial charge in [-0.2, -0.15) is 0 Å². The molecule has 0 radical (unpaired) electrons. The van der Waals surface area contributed by atoms with Crippen molar-refractivity contribution in [2.45, 2.75) is 123 Å². The van der Waals surface area contributed by atoms with Crippen LogP contribution < -0.4 is 54.4 Å². The molecule has 0 bridgehead atoms. The van der Waals surface area contributed by atoms with Crippen LogP contribution in [0.5, 0.6) is 0 Å². The largest absolute Gasteiger partial charge is 0.481 e. The Morgan fingerprint density at radius 1 is 0.550 bits per heavy atom. The van der Waals surface area contributed by atoms with E-state index in [1.807, 2.05) is 0 Å². The molecule has 0 spiro atoms. The van der Waals surface area contributed by atoms with E-state index in [9.17, 15) is 63.3 Å². The summed E-state index contributed by atoms with van der Waals surface area (Å²) in [6, 6.07) is -8.67. The SMILES string of the molecule is CC[C@H](C)[C@H](NC(=O)[C@H](CC(=O)O)NC(=O)CNC(=O)[C@@H](NC(=O)[C@@H](NC(=O)[C@H](CC(=O)O)NC(=O)CN)[C@@H](C)CC)[C@@H](C)CC)C(=O)N[C@@H](CCCN=C(N)N)C(=O)O. The lowest BCUT2D eigenvalue weighted by atomic mass is 9.94. The first kappa shape index (κ1) is 53.9. The Balaban J connectivity index is 6.02. The van der Waals surface area contributed by atoms with E-state index in [2.05, 4.69) is 42.2 Å². The van der Waals surface area contributed by atoms with E-state index in [1.165, 1.54) is 0 Å². The lowest BCUT2D eigenvalue weighted by molar-refractivity contribution is -0.143. The number of carbonyl (C=O) groups excluding carboxylic acids is 7. The molecule has 7 amide bonds. The molecule has 0 aromatic heterocycles. The molecule has 0 aliphatic heterocycles. The van der Waals surface area contributed by atoms with Crippen molar-refractivity contribution in [1.82, 2.24) is 37.2 Å². The molecule has 0 aromatic rings. The van der Waals surface area contributed by atoms with Crippen LogP contribution in [0.3, 0.4) is 0 Å². The van der Waals surface area contributed by atoms with Gasteiger partial charge in [-0.1, -0.05) is 60.8 Å². The van der Waals surface area contributed by atoms with Gasteiger partial charge in [-0.05, 0) is 30.6 Å². The lowest BCUT2D eigenvalue weighted by Crippen LogP contribution is -2.60. The standard InChI is InChI=1S/C36H63N11O13/c1-7-17(4)27(47-34(58)29(19(6)9-3)46-30(54)21(13-25(50)51)42-23(48)15-37)32(56)41-16-24(49)43-22(14-26(52)53)31(55)45-28(18(5)8-2)33(57)44-20(35(59)60)11-10-12-40-36(38)39/h17-22,27-29H,7-16,37H2,1-6H3,(H,41,56)(H,42,48)(H,43,49)(H,44,57)(H,45,55)(H,46,54)(H,47,58)(H,50,51)(H,52,53)(H,59,60)(H4,38,39,40)/t17-,18-,19-,20-,21-,22-,27-,28-,29-/m0/s1. The quantitative estimate of drug-likeness (QED) is 0.0195. The van der Waals surface area contributed by atoms with Gasteiger partial charge >= 0.3 is 17.9 Å². The topological polar surface area (TPSA) is 406 Å². The Morgan fingerprint density at radius 3 is 1.33 bits per heavy atom. The Hall–Kier alpha value is -6.07. The van der Waals surface area contributed by atoms with E-state index >= 15 is 0 Å². The average molecular weight is 858 g/mol. The smallest absolute Gasteiger partial charge is 0.326 e. The van der Waals surface area contributed by atoms with Crippen molar-refractivity contribution in [1.29, 1.82) is 0 Å². The van der Waals surface area contributed by atoms with E-state index < -0.39 is 139 Å². The number of amides is 7. The molecule has 0 saturated heterocycles. The number of carboxylic acid groups (broad SMARTS) is 3. The van der Waals surface area contributed by atoms with Crippen molar-refractivity contribution < 1.29 is 63.3 Å². The fourth-order valence-corrected chi connectivity index (χ4v) is 5.42. The zero-order chi connectivity index (χ0) is 46.3. The van der Waals surface area contributed by atoms with Crippen LogP contribution in [0.2, 0.25) is 0 Å². The van der Waals surface area contributed by atoms with E-state index in [4.69, 9.17) is 17.2 Å². The minimum absolute atomic E-state index is 0.0649. The number of carboxylic acids is 3. The van der Waals surface area contributed by atoms with Crippen LogP contribution in [0.15, 0.2) is 4.99 Å². The van der Waals surface area contributed by atoms with Crippen molar-refractivity contribution in [3.63, 3.8) is 0 Å². The normalized spacial score (nSPS) is 15.3. The predicted molar refractivity (Wildman–Crippen MR) is 214 cm³/mol. The number of nitrogens with one attached hydrogen (secondary N) is 7. The molecule has 60 heavy (non-hydrogen) atoms. The van der Waals surface area contributed by atoms with Gasteiger partial charge < -0.3 is 69.7 Å². The third-order valence-electron chi connectivity index (χ3n) is 9.61. The van der Waals surface area contributed by atoms with E-state index in [0.29, 0.717) is 19.3 Å². The number of nitrogens with two attached hydrogens (primary N) is 3. The zero-order valence-electron chi connectivity index (χ0n) is 34.9. The van der Waals surface area contributed by atoms with Crippen LogP contribution in [0.1, 0.15) is 86.5 Å². The zero-order valence-corrected chi connectivity index (χ0v) is 34.9. The summed E-state index contributed by atoms with van der Waals surface area (Å²) >= 11 is 0. The van der Waals surface area contributed by atoms with Crippen molar-refractivity contribution in [2.24, 2.45) is 39.9 Å². The minimum atomic E-state index is -1.76. The van der Waals surface area contributed by atoms with E-state index in [-0.39, 0.29) is 25.3 Å². The number of aliphatic imine (C=N–C) groups is 1. The summed E-state index contributed by atoms with van der Waals surface area (Å²) in [7, 11) is 0. The fraction of sp³-hybridized carbons (Fsp3) is 0.694. The first-order chi connectivity index (χ1) is 28.0. The van der Waals surface area contributed by atoms with Gasteiger partial charge in [0.2, 0.25) is 41.4 Å². The first-order valence-corrected chi connectivity index (χ1v) is 19.5. The maximum absolute atomic E-state index is 13.6. The number of nitrogens with zero attached hydrogens (tertiary/aromatic N) is 1. The Bertz CT molecular complexity index is 1560. The molecule has 0 heterocycles. The molecule has 0 aliphatic carbocycles. The van der Waals surface area contributed by atoms with Crippen LogP contribution in [0.4, 0.5) is 0 Å². The second-order valence-corrected chi connectivity index (χ2v) is 14.3. The van der Waals surface area contributed by atoms with Gasteiger partial charge in [0, 0.05) is 6.54 Å². The number of hydrogen-bond acceptors (Lipinski definition) is 12. The Labute approximate surface area is 347 Å². The molecule has 0 aromatic carbocycles. The molecule has 24 heteroatoms. The summed E-state index contributed by atoms with van der Waals surface area (Å²) in [4.78, 5) is 130. The lowest BCUT2D eigenvalue weighted by Gasteiger charge is -2.30. The van der Waals surface area contributed by atoms with Crippen molar-refractivity contribution in [3.05, 3.63) is 0 Å². The van der Waals surface area contributed by atoms with Crippen LogP contribution in [0, 0.1) is 17.8 Å². The van der Waals surface area contributed by atoms with Crippen LogP contribution in [-0.4, -0.2) is 136 Å². The molecule has 24 nitrogen and oxygen atoms in total. The van der Waals surface area contributed by atoms with Gasteiger partial charge in [-0.3, -0.25) is 48.1 Å². The molecule has 0 fully saturated rings. The molecule has 0 unspecified atom stereocenters. The third-order valence-corrected chi connectivity index (χ3v) is 9.61. The Kier molecular flexibility index (Phi) is 24.8. The molecule has 0 rings (SSSR count). The van der Waals surface area contributed by atoms with Gasteiger partial charge in [0.15, 0.2) is 5.96 Å². The number of carbonyl (C=O) groups is 10. The van der Waals surface area contributed by atoms with Crippen LogP contribution in [0.25, 0.3) is 0 Å². The molecule has 0 saturated carbocycles. The highest BCUT2D eigenvalue weighted by molar-refractivity contribution is 5.98. The van der Waals surface area contributed by atoms with Gasteiger partial charge in [0.1, 0.15) is 36.3 Å². The van der Waals surface area contributed by atoms with Gasteiger partial charge in [-0.25, -0.2) is 4.79 Å². The van der Waals surface area contributed by atoms with Gasteiger partial charge in [-0.15, -0.1) is 0 Å². The summed E-state index contributed by atoms with van der Waals surface area (Å²) in [5.74, 6) is -12.7. The highest BCUT2D eigenvalue weighted by atomic mass is 16.4. The highest BCUT2D eigenvalue weighted by Gasteiger charge is 2.36. The monoisotopic (exact) mass is 857 g/mol. The summed E-state index contributed by atoms with van der Waals surface area (Å²) < 4.78 is 0. The van der Waals surface area contributed by atoms with Crippen LogP contribution >= 0.6 is 0 Å². The summed E-state index contributed by atoms with van der Waals surface area (Å²) in [6.07, 6.45) is -0.631. The number of rotatable bonds is 29. The predicted octanol–water partition coefficient (Wildman–Crippen LogP) is -3.80. The number of guanidine groups is 1. The molecule has 9 atom stereocenters. The minimum Gasteiger partial charge on any atom is -0.481 e. The van der Waals surface area contributed by atoms with E-state index in [1.54, 1.807) is 41.5 Å². The molecular formula is C36H63N11O13. The fourth-order valence-electron chi connectivity index (χ4n) is 5.42. The van der Waals surface area contributed by atoms with Gasteiger partial charge in [0.05, 0.1) is 25.9 Å². The van der Waals surface area contributed by atoms with Crippen molar-refractivity contribution in [2.75, 3.05) is 19.6 Å². The second-order valence-electron chi connectivity index (χ2n) is 14.3. The van der Waals surface area contributed by atoms with Crippen LogP contribution in [-0.2, 0) is 47.9 Å². The summed E-state index contributed by atoms with van der Waals surface area (Å²) in [6.45, 7) is 8.70. The molecule has 340 valence electrons. The number of aliphatic carboxylic acids is 3. The van der Waals surface area contributed by atoms with Gasteiger partial charge in [0.25, 0.3) is 0 Å². The molecular weight excluding hydrogens is 794 g/mol. The number of hydrogen-bond donors (Lipinski definition) is 13. The summed E-state index contributed by atoms with van der Waals surface area (Å²) in [5, 5.41) is 44.9. The van der Waals surface area contributed by atoms with E-state index in [0.717, 1.165) is 0 Å². The molecule has 0 aliphatic rings.